The van der Waals surface area contributed by atoms with Crippen molar-refractivity contribution in [1.82, 2.24) is 0 Å². The molecule has 0 saturated heterocycles. The van der Waals surface area contributed by atoms with E-state index in [4.69, 9.17) is 0 Å². The van der Waals surface area contributed by atoms with Crippen LogP contribution >= 0.6 is 0 Å². The van der Waals surface area contributed by atoms with E-state index in [-0.39, 0.29) is 11.2 Å². The molecule has 1 aromatic rings. The van der Waals surface area contributed by atoms with Crippen LogP contribution in [0.1, 0.15) is 25.3 Å². The van der Waals surface area contributed by atoms with Crippen molar-refractivity contribution in [3.63, 3.8) is 0 Å². The maximum absolute atomic E-state index is 11.5. The topological polar surface area (TPSA) is 51.2 Å². The van der Waals surface area contributed by atoms with Crippen LogP contribution in [-0.4, -0.2) is 20.5 Å². The monoisotopic (exact) mass is 238 g/mol. The van der Waals surface area contributed by atoms with E-state index < -0.39 is 9.84 Å². The lowest BCUT2D eigenvalue weighted by atomic mass is 9.92. The molecule has 0 aliphatic heterocycles. The fraction of sp³-hybridized carbons (Fsp3) is 0.417. The van der Waals surface area contributed by atoms with Crippen LogP contribution in [0.3, 0.4) is 0 Å². The summed E-state index contributed by atoms with van der Waals surface area (Å²) in [6.45, 7) is 1.59. The molecule has 0 bridgehead atoms. The first-order chi connectivity index (χ1) is 7.36. The predicted molar refractivity (Wildman–Crippen MR) is 61.1 cm³/mol. The summed E-state index contributed by atoms with van der Waals surface area (Å²) < 4.78 is 22.6. The fourth-order valence-corrected chi connectivity index (χ4v) is 2.62. The Balaban J connectivity index is 2.38. The van der Waals surface area contributed by atoms with Crippen molar-refractivity contribution in [1.29, 1.82) is 0 Å². The van der Waals surface area contributed by atoms with E-state index in [0.29, 0.717) is 4.90 Å². The summed E-state index contributed by atoms with van der Waals surface area (Å²) in [5.41, 5.74) is 0.614. The van der Waals surface area contributed by atoms with Gasteiger partial charge in [-0.05, 0) is 37.5 Å². The summed E-state index contributed by atoms with van der Waals surface area (Å²) >= 11 is 0. The number of hydrogen-bond acceptors (Lipinski definition) is 3. The van der Waals surface area contributed by atoms with Crippen LogP contribution in [0, 0.1) is 0 Å². The first-order valence-electron chi connectivity index (χ1n) is 5.18. The van der Waals surface area contributed by atoms with Gasteiger partial charge in [0.1, 0.15) is 5.78 Å². The van der Waals surface area contributed by atoms with Gasteiger partial charge >= 0.3 is 0 Å². The number of carbonyl (C=O) groups is 1. The van der Waals surface area contributed by atoms with Crippen LogP contribution in [-0.2, 0) is 20.0 Å². The van der Waals surface area contributed by atoms with E-state index in [1.807, 2.05) is 0 Å². The summed E-state index contributed by atoms with van der Waals surface area (Å²) in [4.78, 5) is 11.8. The lowest BCUT2D eigenvalue weighted by molar-refractivity contribution is -0.119. The summed E-state index contributed by atoms with van der Waals surface area (Å²) in [5.74, 6) is 0.166. The molecule has 3 nitrogen and oxygen atoms in total. The normalized spacial score (nSPS) is 18.1. The second-order valence-corrected chi connectivity index (χ2v) is 6.45. The highest BCUT2D eigenvalue weighted by Crippen LogP contribution is 2.48. The molecule has 4 heteroatoms. The van der Waals surface area contributed by atoms with Crippen molar-refractivity contribution >= 4 is 15.6 Å². The van der Waals surface area contributed by atoms with Crippen molar-refractivity contribution in [3.8, 4) is 0 Å². The maximum atomic E-state index is 11.5. The largest absolute Gasteiger partial charge is 0.299 e. The summed E-state index contributed by atoms with van der Waals surface area (Å²) in [6.07, 6.45) is 2.93. The van der Waals surface area contributed by atoms with Gasteiger partial charge in [0.25, 0.3) is 0 Å². The molecule has 1 aliphatic rings. The molecule has 16 heavy (non-hydrogen) atoms. The van der Waals surface area contributed by atoms with Gasteiger partial charge in [0.2, 0.25) is 0 Å². The maximum Gasteiger partial charge on any atom is 0.175 e. The Morgan fingerprint density at radius 3 is 2.00 bits per heavy atom. The van der Waals surface area contributed by atoms with Gasteiger partial charge in [-0.3, -0.25) is 4.79 Å². The van der Waals surface area contributed by atoms with Gasteiger partial charge in [-0.2, -0.15) is 0 Å². The summed E-state index contributed by atoms with van der Waals surface area (Å²) in [7, 11) is -3.15. The Morgan fingerprint density at radius 2 is 1.69 bits per heavy atom. The van der Waals surface area contributed by atoms with Gasteiger partial charge in [0.05, 0.1) is 10.3 Å². The number of sulfone groups is 1. The number of benzene rings is 1. The molecular weight excluding hydrogens is 224 g/mol. The van der Waals surface area contributed by atoms with Gasteiger partial charge in [-0.1, -0.05) is 12.1 Å². The highest BCUT2D eigenvalue weighted by Gasteiger charge is 2.48. The number of rotatable bonds is 3. The standard InChI is InChI=1S/C12H14O3S/c1-9(13)12(7-8-12)10-3-5-11(6-4-10)16(2,14)15/h3-6H,7-8H2,1-2H3. The van der Waals surface area contributed by atoms with Crippen LogP contribution in [0.5, 0.6) is 0 Å². The zero-order valence-corrected chi connectivity index (χ0v) is 10.2. The highest BCUT2D eigenvalue weighted by molar-refractivity contribution is 7.90. The third-order valence-corrected chi connectivity index (χ3v) is 4.39. The summed E-state index contributed by atoms with van der Waals surface area (Å²) in [5, 5.41) is 0. The van der Waals surface area contributed by atoms with E-state index >= 15 is 0 Å². The van der Waals surface area contributed by atoms with Crippen molar-refractivity contribution in [2.75, 3.05) is 6.26 Å². The minimum Gasteiger partial charge on any atom is -0.299 e. The van der Waals surface area contributed by atoms with Crippen molar-refractivity contribution < 1.29 is 13.2 Å². The van der Waals surface area contributed by atoms with Crippen molar-refractivity contribution in [2.45, 2.75) is 30.1 Å². The fourth-order valence-electron chi connectivity index (χ4n) is 1.99. The SMILES string of the molecule is CC(=O)C1(c2ccc(S(C)(=O)=O)cc2)CC1. The van der Waals surface area contributed by atoms with Crippen LogP contribution in [0.15, 0.2) is 29.2 Å². The van der Waals surface area contributed by atoms with Crippen molar-refractivity contribution in [2.24, 2.45) is 0 Å². The van der Waals surface area contributed by atoms with Crippen LogP contribution in [0.25, 0.3) is 0 Å². The van der Waals surface area contributed by atoms with Gasteiger partial charge in [0.15, 0.2) is 9.84 Å². The third kappa shape index (κ3) is 1.78. The van der Waals surface area contributed by atoms with E-state index in [0.717, 1.165) is 18.4 Å². The Hall–Kier alpha value is -1.16. The molecule has 0 radical (unpaired) electrons. The Kier molecular flexibility index (Phi) is 2.42. The number of ketones is 1. The molecular formula is C12H14O3S. The minimum absolute atomic E-state index is 0.166. The van der Waals surface area contributed by atoms with Gasteiger partial charge in [0, 0.05) is 6.26 Å². The van der Waals surface area contributed by atoms with Crippen molar-refractivity contribution in [3.05, 3.63) is 29.8 Å². The van der Waals surface area contributed by atoms with Gasteiger partial charge in [-0.15, -0.1) is 0 Å². The van der Waals surface area contributed by atoms with E-state index in [9.17, 15) is 13.2 Å². The molecule has 0 heterocycles. The molecule has 0 atom stereocenters. The molecule has 1 aliphatic carbocycles. The van der Waals surface area contributed by atoms with Crippen LogP contribution in [0.4, 0.5) is 0 Å². The first-order valence-corrected chi connectivity index (χ1v) is 7.07. The van der Waals surface area contributed by atoms with E-state index in [1.165, 1.54) is 6.26 Å². The lowest BCUT2D eigenvalue weighted by Crippen LogP contribution is -2.16. The van der Waals surface area contributed by atoms with Gasteiger partial charge in [-0.25, -0.2) is 8.42 Å². The molecule has 0 amide bonds. The Morgan fingerprint density at radius 1 is 1.19 bits per heavy atom. The minimum atomic E-state index is -3.15. The molecule has 1 aromatic carbocycles. The van der Waals surface area contributed by atoms with Crippen LogP contribution in [0.2, 0.25) is 0 Å². The number of hydrogen-bond donors (Lipinski definition) is 0. The molecule has 1 fully saturated rings. The lowest BCUT2D eigenvalue weighted by Gasteiger charge is -2.11. The predicted octanol–water partition coefficient (Wildman–Crippen LogP) is 1.71. The quantitative estimate of drug-likeness (QED) is 0.805. The van der Waals surface area contributed by atoms with Gasteiger partial charge < -0.3 is 0 Å². The molecule has 86 valence electrons. The smallest absolute Gasteiger partial charge is 0.175 e. The Labute approximate surface area is 95.4 Å². The molecule has 0 spiro atoms. The van der Waals surface area contributed by atoms with E-state index in [1.54, 1.807) is 31.2 Å². The molecule has 1 saturated carbocycles. The number of Topliss-reactive ketones (excluding diaryl/α,β-unsaturated/α-hetero) is 1. The molecule has 2 rings (SSSR count). The second-order valence-electron chi connectivity index (χ2n) is 4.43. The summed E-state index contributed by atoms with van der Waals surface area (Å²) in [6, 6.07) is 6.66. The molecule has 0 N–H and O–H groups in total. The Bertz CT molecular complexity index is 522. The van der Waals surface area contributed by atoms with Crippen LogP contribution < -0.4 is 0 Å². The first kappa shape index (κ1) is 11.3. The molecule has 0 aromatic heterocycles. The highest BCUT2D eigenvalue weighted by atomic mass is 32.2. The average molecular weight is 238 g/mol. The zero-order valence-electron chi connectivity index (χ0n) is 9.36. The molecule has 0 unspecified atom stereocenters. The third-order valence-electron chi connectivity index (χ3n) is 3.26. The average Bonchev–Trinajstić information content (AvgIpc) is 2.97. The number of carbonyl (C=O) groups excluding carboxylic acids is 1. The van der Waals surface area contributed by atoms with E-state index in [2.05, 4.69) is 0 Å². The zero-order chi connectivity index (χ0) is 12.0. The second kappa shape index (κ2) is 3.42.